The van der Waals surface area contributed by atoms with Crippen LogP contribution in [0, 0.1) is 0 Å². The summed E-state index contributed by atoms with van der Waals surface area (Å²) in [5.41, 5.74) is 0.590. The molecular formula is C9H14ClN3O. The number of hydrogen-bond donors (Lipinski definition) is 0. The summed E-state index contributed by atoms with van der Waals surface area (Å²) in [4.78, 5) is 13.4. The fourth-order valence-corrected chi connectivity index (χ4v) is 1.25. The van der Waals surface area contributed by atoms with Crippen molar-refractivity contribution in [1.82, 2.24) is 14.7 Å². The van der Waals surface area contributed by atoms with Crippen LogP contribution in [0.5, 0.6) is 0 Å². The molecule has 0 spiro atoms. The molecule has 1 rings (SSSR count). The molecule has 0 aromatic carbocycles. The molecule has 1 aromatic heterocycles. The summed E-state index contributed by atoms with van der Waals surface area (Å²) in [5.74, 6) is 0.383. The molecule has 0 aliphatic heterocycles. The lowest BCUT2D eigenvalue weighted by Gasteiger charge is -2.22. The number of alkyl halides is 1. The summed E-state index contributed by atoms with van der Waals surface area (Å²) in [7, 11) is 3.52. The van der Waals surface area contributed by atoms with Gasteiger partial charge < -0.3 is 4.90 Å². The zero-order valence-electron chi connectivity index (χ0n) is 8.57. The van der Waals surface area contributed by atoms with Crippen molar-refractivity contribution < 1.29 is 4.79 Å². The van der Waals surface area contributed by atoms with Gasteiger partial charge in [0.1, 0.15) is 0 Å². The quantitative estimate of drug-likeness (QED) is 0.709. The van der Waals surface area contributed by atoms with Crippen molar-refractivity contribution in [3.05, 3.63) is 18.0 Å². The van der Waals surface area contributed by atoms with E-state index in [-0.39, 0.29) is 11.9 Å². The van der Waals surface area contributed by atoms with Crippen molar-refractivity contribution in [3.63, 3.8) is 0 Å². The lowest BCUT2D eigenvalue weighted by Crippen LogP contribution is -2.35. The average molecular weight is 216 g/mol. The van der Waals surface area contributed by atoms with Gasteiger partial charge in [0.15, 0.2) is 0 Å². The highest BCUT2D eigenvalue weighted by atomic mass is 35.5. The van der Waals surface area contributed by atoms with Gasteiger partial charge >= 0.3 is 0 Å². The zero-order chi connectivity index (χ0) is 10.7. The van der Waals surface area contributed by atoms with Crippen LogP contribution in [0.1, 0.15) is 17.3 Å². The van der Waals surface area contributed by atoms with E-state index in [1.165, 1.54) is 0 Å². The van der Waals surface area contributed by atoms with E-state index in [4.69, 9.17) is 11.6 Å². The van der Waals surface area contributed by atoms with E-state index in [0.29, 0.717) is 11.4 Å². The van der Waals surface area contributed by atoms with E-state index < -0.39 is 0 Å². The van der Waals surface area contributed by atoms with Gasteiger partial charge in [-0.15, -0.1) is 11.6 Å². The number of carbonyl (C=O) groups excluding carboxylic acids is 1. The Kier molecular flexibility index (Phi) is 3.52. The molecule has 0 saturated heterocycles. The SMILES string of the molecule is CC(CCl)N(C)C(=O)c1cnn(C)c1. The normalized spacial score (nSPS) is 12.6. The Bertz CT molecular complexity index is 324. The van der Waals surface area contributed by atoms with E-state index in [1.54, 1.807) is 36.1 Å². The van der Waals surface area contributed by atoms with Crippen LogP contribution < -0.4 is 0 Å². The molecule has 0 N–H and O–H groups in total. The molecule has 1 heterocycles. The predicted molar refractivity (Wildman–Crippen MR) is 55.5 cm³/mol. The first-order chi connectivity index (χ1) is 6.56. The second-order valence-corrected chi connectivity index (χ2v) is 3.63. The molecule has 4 nitrogen and oxygen atoms in total. The van der Waals surface area contributed by atoms with E-state index in [1.807, 2.05) is 6.92 Å². The topological polar surface area (TPSA) is 38.1 Å². The first-order valence-electron chi connectivity index (χ1n) is 4.38. The van der Waals surface area contributed by atoms with Crippen LogP contribution in [-0.2, 0) is 7.05 Å². The second-order valence-electron chi connectivity index (χ2n) is 3.32. The van der Waals surface area contributed by atoms with Crippen molar-refractivity contribution in [1.29, 1.82) is 0 Å². The van der Waals surface area contributed by atoms with E-state index in [0.717, 1.165) is 0 Å². The van der Waals surface area contributed by atoms with Gasteiger partial charge in [-0.1, -0.05) is 0 Å². The zero-order valence-corrected chi connectivity index (χ0v) is 9.32. The van der Waals surface area contributed by atoms with Crippen LogP contribution in [0.15, 0.2) is 12.4 Å². The standard InChI is InChI=1S/C9H14ClN3O/c1-7(4-10)13(3)9(14)8-5-11-12(2)6-8/h5-7H,4H2,1-3H3. The summed E-state index contributed by atoms with van der Waals surface area (Å²) in [6.07, 6.45) is 3.25. The van der Waals surface area contributed by atoms with Crippen LogP contribution >= 0.6 is 11.6 Å². The minimum absolute atomic E-state index is 0.0318. The Hall–Kier alpha value is -1.03. The Labute approximate surface area is 88.5 Å². The van der Waals surface area contributed by atoms with Crippen molar-refractivity contribution in [2.24, 2.45) is 7.05 Å². The molecular weight excluding hydrogens is 202 g/mol. The Morgan fingerprint density at radius 3 is 2.86 bits per heavy atom. The third-order valence-corrected chi connectivity index (χ3v) is 2.60. The van der Waals surface area contributed by atoms with Crippen LogP contribution in [0.3, 0.4) is 0 Å². The molecule has 1 atom stereocenters. The van der Waals surface area contributed by atoms with E-state index in [2.05, 4.69) is 5.10 Å². The maximum absolute atomic E-state index is 11.8. The summed E-state index contributed by atoms with van der Waals surface area (Å²) >= 11 is 5.67. The Morgan fingerprint density at radius 2 is 2.43 bits per heavy atom. The first kappa shape index (κ1) is 11.0. The van der Waals surface area contributed by atoms with Gasteiger partial charge in [-0.2, -0.15) is 5.10 Å². The van der Waals surface area contributed by atoms with Gasteiger partial charge in [-0.25, -0.2) is 0 Å². The average Bonchev–Trinajstić information content (AvgIpc) is 2.61. The number of carbonyl (C=O) groups is 1. The molecule has 0 fully saturated rings. The fraction of sp³-hybridized carbons (Fsp3) is 0.556. The number of aryl methyl sites for hydroxylation is 1. The van der Waals surface area contributed by atoms with E-state index >= 15 is 0 Å². The summed E-state index contributed by atoms with van der Waals surface area (Å²) in [6, 6.07) is 0.0318. The molecule has 5 heteroatoms. The minimum atomic E-state index is -0.0498. The molecule has 78 valence electrons. The van der Waals surface area contributed by atoms with Crippen molar-refractivity contribution in [2.75, 3.05) is 12.9 Å². The Balaban J connectivity index is 2.75. The highest BCUT2D eigenvalue weighted by molar-refractivity contribution is 6.18. The van der Waals surface area contributed by atoms with Gasteiger partial charge in [0, 0.05) is 32.2 Å². The molecule has 1 aromatic rings. The molecule has 0 bridgehead atoms. The van der Waals surface area contributed by atoms with E-state index in [9.17, 15) is 4.79 Å². The van der Waals surface area contributed by atoms with Gasteiger partial charge in [0.25, 0.3) is 5.91 Å². The number of halogens is 1. The van der Waals surface area contributed by atoms with Crippen LogP contribution in [0.2, 0.25) is 0 Å². The molecule has 0 saturated carbocycles. The second kappa shape index (κ2) is 4.46. The highest BCUT2D eigenvalue weighted by Gasteiger charge is 2.17. The monoisotopic (exact) mass is 215 g/mol. The predicted octanol–water partition coefficient (Wildman–Crippen LogP) is 1.12. The van der Waals surface area contributed by atoms with Gasteiger partial charge in [-0.3, -0.25) is 9.48 Å². The summed E-state index contributed by atoms with van der Waals surface area (Å²) < 4.78 is 1.60. The fourth-order valence-electron chi connectivity index (χ4n) is 1.04. The highest BCUT2D eigenvalue weighted by Crippen LogP contribution is 2.06. The van der Waals surface area contributed by atoms with Gasteiger partial charge in [0.05, 0.1) is 11.8 Å². The van der Waals surface area contributed by atoms with Crippen LogP contribution in [-0.4, -0.2) is 39.6 Å². The maximum atomic E-state index is 11.8. The minimum Gasteiger partial charge on any atom is -0.338 e. The molecule has 14 heavy (non-hydrogen) atoms. The van der Waals surface area contributed by atoms with Crippen LogP contribution in [0.4, 0.5) is 0 Å². The van der Waals surface area contributed by atoms with Crippen molar-refractivity contribution >= 4 is 17.5 Å². The number of rotatable bonds is 3. The molecule has 0 aliphatic carbocycles. The van der Waals surface area contributed by atoms with Crippen LogP contribution in [0.25, 0.3) is 0 Å². The van der Waals surface area contributed by atoms with Crippen molar-refractivity contribution in [2.45, 2.75) is 13.0 Å². The molecule has 0 aliphatic rings. The lowest BCUT2D eigenvalue weighted by atomic mass is 10.2. The third kappa shape index (κ3) is 2.26. The third-order valence-electron chi connectivity index (χ3n) is 2.16. The van der Waals surface area contributed by atoms with Crippen molar-refractivity contribution in [3.8, 4) is 0 Å². The Morgan fingerprint density at radius 1 is 1.79 bits per heavy atom. The maximum Gasteiger partial charge on any atom is 0.257 e. The number of aromatic nitrogens is 2. The number of nitrogens with zero attached hydrogens (tertiary/aromatic N) is 3. The molecule has 0 radical (unpaired) electrons. The molecule has 1 amide bonds. The first-order valence-corrected chi connectivity index (χ1v) is 4.91. The summed E-state index contributed by atoms with van der Waals surface area (Å²) in [5, 5.41) is 3.94. The summed E-state index contributed by atoms with van der Waals surface area (Å²) in [6.45, 7) is 1.90. The largest absolute Gasteiger partial charge is 0.338 e. The molecule has 1 unspecified atom stereocenters. The number of amides is 1. The lowest BCUT2D eigenvalue weighted by molar-refractivity contribution is 0.0756. The number of hydrogen-bond acceptors (Lipinski definition) is 2. The van der Waals surface area contributed by atoms with Gasteiger partial charge in [0.2, 0.25) is 0 Å². The van der Waals surface area contributed by atoms with Gasteiger partial charge in [-0.05, 0) is 6.92 Å². The smallest absolute Gasteiger partial charge is 0.257 e.